The maximum Gasteiger partial charge on any atom is 0.0934 e. The minimum Gasteiger partial charge on any atom is -0.396 e. The molecule has 0 radical (unpaired) electrons. The van der Waals surface area contributed by atoms with E-state index in [1.165, 1.54) is 0 Å². The number of para-hydroxylation sites is 1. The van der Waals surface area contributed by atoms with Gasteiger partial charge in [-0.15, -0.1) is 0 Å². The molecule has 2 N–H and O–H groups in total. The molecule has 0 fully saturated rings. The standard InChI is InChI=1S/C15H19BrN2O/c1-3-15(2,10-19)9-18-13-6-4-5-11-7-12(16)8-17-14(11)13/h4-8,18-19H,3,9-10H2,1-2H3. The van der Waals surface area contributed by atoms with Crippen molar-refractivity contribution in [2.24, 2.45) is 5.41 Å². The van der Waals surface area contributed by atoms with Gasteiger partial charge >= 0.3 is 0 Å². The lowest BCUT2D eigenvalue weighted by Crippen LogP contribution is -2.29. The molecule has 0 aliphatic carbocycles. The number of pyridine rings is 1. The molecule has 0 saturated heterocycles. The van der Waals surface area contributed by atoms with Gasteiger partial charge < -0.3 is 10.4 Å². The van der Waals surface area contributed by atoms with Gasteiger partial charge in [0.05, 0.1) is 17.8 Å². The number of fused-ring (bicyclic) bond motifs is 1. The number of aliphatic hydroxyl groups excluding tert-OH is 1. The third-order valence-corrected chi connectivity index (χ3v) is 4.05. The van der Waals surface area contributed by atoms with Crippen LogP contribution >= 0.6 is 15.9 Å². The molecule has 1 unspecified atom stereocenters. The fourth-order valence-corrected chi connectivity index (χ4v) is 2.23. The summed E-state index contributed by atoms with van der Waals surface area (Å²) >= 11 is 3.43. The Morgan fingerprint density at radius 1 is 1.42 bits per heavy atom. The number of nitrogens with zero attached hydrogens (tertiary/aromatic N) is 1. The molecule has 1 aromatic carbocycles. The molecule has 3 nitrogen and oxygen atoms in total. The Morgan fingerprint density at radius 3 is 2.89 bits per heavy atom. The molecule has 102 valence electrons. The van der Waals surface area contributed by atoms with Crippen LogP contribution in [0.1, 0.15) is 20.3 Å². The average Bonchev–Trinajstić information content (AvgIpc) is 2.44. The van der Waals surface area contributed by atoms with Crippen LogP contribution in [0.2, 0.25) is 0 Å². The first-order chi connectivity index (χ1) is 9.08. The molecule has 1 atom stereocenters. The van der Waals surface area contributed by atoms with Crippen LogP contribution in [0.3, 0.4) is 0 Å². The zero-order valence-corrected chi connectivity index (χ0v) is 12.9. The van der Waals surface area contributed by atoms with Crippen LogP contribution in [-0.2, 0) is 0 Å². The van der Waals surface area contributed by atoms with Crippen LogP contribution in [0, 0.1) is 5.41 Å². The molecule has 1 aromatic heterocycles. The highest BCUT2D eigenvalue weighted by Gasteiger charge is 2.20. The summed E-state index contributed by atoms with van der Waals surface area (Å²) in [5, 5.41) is 14.0. The molecule has 0 spiro atoms. The normalized spacial score (nSPS) is 14.3. The molecule has 0 amide bonds. The Balaban J connectivity index is 2.26. The molecule has 0 aliphatic heterocycles. The first-order valence-corrected chi connectivity index (χ1v) is 7.26. The average molecular weight is 323 g/mol. The topological polar surface area (TPSA) is 45.1 Å². The van der Waals surface area contributed by atoms with Crippen LogP contribution in [0.4, 0.5) is 5.69 Å². The van der Waals surface area contributed by atoms with Crippen LogP contribution in [0.5, 0.6) is 0 Å². The van der Waals surface area contributed by atoms with Gasteiger partial charge in [0.1, 0.15) is 0 Å². The van der Waals surface area contributed by atoms with Gasteiger partial charge in [-0.25, -0.2) is 0 Å². The first-order valence-electron chi connectivity index (χ1n) is 6.47. The highest BCUT2D eigenvalue weighted by atomic mass is 79.9. The van der Waals surface area contributed by atoms with Crippen LogP contribution in [-0.4, -0.2) is 23.2 Å². The van der Waals surface area contributed by atoms with E-state index < -0.39 is 0 Å². The summed E-state index contributed by atoms with van der Waals surface area (Å²) in [5.74, 6) is 0. The van der Waals surface area contributed by atoms with E-state index in [-0.39, 0.29) is 12.0 Å². The molecule has 0 bridgehead atoms. The van der Waals surface area contributed by atoms with Crippen LogP contribution < -0.4 is 5.32 Å². The van der Waals surface area contributed by atoms with E-state index in [1.54, 1.807) is 6.20 Å². The van der Waals surface area contributed by atoms with Crippen LogP contribution in [0.25, 0.3) is 10.9 Å². The summed E-state index contributed by atoms with van der Waals surface area (Å²) in [5.41, 5.74) is 1.87. The van der Waals surface area contributed by atoms with Crippen molar-refractivity contribution in [2.45, 2.75) is 20.3 Å². The predicted octanol–water partition coefficient (Wildman–Crippen LogP) is 3.82. The molecule has 4 heteroatoms. The van der Waals surface area contributed by atoms with E-state index in [0.717, 1.165) is 34.0 Å². The lowest BCUT2D eigenvalue weighted by molar-refractivity contribution is 0.149. The fourth-order valence-electron chi connectivity index (χ4n) is 1.88. The van der Waals surface area contributed by atoms with Crippen LogP contribution in [0.15, 0.2) is 34.9 Å². The van der Waals surface area contributed by atoms with E-state index in [4.69, 9.17) is 0 Å². The summed E-state index contributed by atoms with van der Waals surface area (Å²) in [6.07, 6.45) is 2.73. The number of aliphatic hydroxyl groups is 1. The number of hydrogen-bond donors (Lipinski definition) is 2. The van der Waals surface area contributed by atoms with Crippen molar-refractivity contribution in [3.05, 3.63) is 34.9 Å². The van der Waals surface area contributed by atoms with Gasteiger partial charge in [-0.1, -0.05) is 26.0 Å². The highest BCUT2D eigenvalue weighted by Crippen LogP contribution is 2.26. The number of nitrogens with one attached hydrogen (secondary N) is 1. The SMILES string of the molecule is CCC(C)(CO)CNc1cccc2cc(Br)cnc12. The quantitative estimate of drug-likeness (QED) is 0.879. The van der Waals surface area contributed by atoms with E-state index in [2.05, 4.69) is 46.1 Å². The third-order valence-electron chi connectivity index (χ3n) is 3.62. The number of aromatic nitrogens is 1. The number of anilines is 1. The van der Waals surface area contributed by atoms with E-state index >= 15 is 0 Å². The van der Waals surface area contributed by atoms with Crippen molar-refractivity contribution < 1.29 is 5.11 Å². The van der Waals surface area contributed by atoms with Crippen molar-refractivity contribution in [3.8, 4) is 0 Å². The minimum absolute atomic E-state index is 0.0997. The van der Waals surface area contributed by atoms with Crippen molar-refractivity contribution in [1.29, 1.82) is 0 Å². The molecular formula is C15H19BrN2O. The third kappa shape index (κ3) is 3.25. The lowest BCUT2D eigenvalue weighted by Gasteiger charge is -2.26. The van der Waals surface area contributed by atoms with E-state index in [9.17, 15) is 5.11 Å². The summed E-state index contributed by atoms with van der Waals surface area (Å²) in [4.78, 5) is 4.46. The maximum atomic E-state index is 9.45. The van der Waals surface area contributed by atoms with Gasteiger partial charge in [0, 0.05) is 28.0 Å². The van der Waals surface area contributed by atoms with Crippen molar-refractivity contribution in [3.63, 3.8) is 0 Å². The summed E-state index contributed by atoms with van der Waals surface area (Å²) < 4.78 is 0.978. The van der Waals surface area contributed by atoms with Gasteiger partial charge in [0.15, 0.2) is 0 Å². The number of benzene rings is 1. The van der Waals surface area contributed by atoms with Crippen molar-refractivity contribution in [1.82, 2.24) is 4.98 Å². The highest BCUT2D eigenvalue weighted by molar-refractivity contribution is 9.10. The monoisotopic (exact) mass is 322 g/mol. The zero-order chi connectivity index (χ0) is 13.9. The number of halogens is 1. The molecule has 2 rings (SSSR count). The maximum absolute atomic E-state index is 9.45. The van der Waals surface area contributed by atoms with Gasteiger partial charge in [-0.2, -0.15) is 0 Å². The Labute approximate surface area is 122 Å². The largest absolute Gasteiger partial charge is 0.396 e. The van der Waals surface area contributed by atoms with Crippen molar-refractivity contribution in [2.75, 3.05) is 18.5 Å². The Kier molecular flexibility index (Phi) is 4.42. The minimum atomic E-state index is -0.0997. The molecule has 1 heterocycles. The lowest BCUT2D eigenvalue weighted by atomic mass is 9.88. The van der Waals surface area contributed by atoms with Gasteiger partial charge in [0.25, 0.3) is 0 Å². The number of rotatable bonds is 5. The van der Waals surface area contributed by atoms with Gasteiger partial charge in [0.2, 0.25) is 0 Å². The summed E-state index contributed by atoms with van der Waals surface area (Å²) in [7, 11) is 0. The second-order valence-corrected chi connectivity index (χ2v) is 6.12. The second-order valence-electron chi connectivity index (χ2n) is 5.21. The second kappa shape index (κ2) is 5.88. The predicted molar refractivity (Wildman–Crippen MR) is 83.4 cm³/mol. The number of hydrogen-bond acceptors (Lipinski definition) is 3. The Bertz CT molecular complexity index is 567. The molecule has 0 saturated carbocycles. The van der Waals surface area contributed by atoms with Gasteiger partial charge in [-0.05, 0) is 34.5 Å². The Morgan fingerprint density at radius 2 is 2.21 bits per heavy atom. The molecular weight excluding hydrogens is 304 g/mol. The van der Waals surface area contributed by atoms with Crippen molar-refractivity contribution >= 4 is 32.5 Å². The summed E-state index contributed by atoms with van der Waals surface area (Å²) in [6, 6.07) is 8.14. The zero-order valence-electron chi connectivity index (χ0n) is 11.3. The van der Waals surface area contributed by atoms with Gasteiger partial charge in [-0.3, -0.25) is 4.98 Å². The Hall–Kier alpha value is -1.13. The van der Waals surface area contributed by atoms with E-state index in [1.807, 2.05) is 18.2 Å². The molecule has 0 aliphatic rings. The summed E-state index contributed by atoms with van der Waals surface area (Å²) in [6.45, 7) is 5.09. The fraction of sp³-hybridized carbons (Fsp3) is 0.400. The molecule has 2 aromatic rings. The molecule has 19 heavy (non-hydrogen) atoms. The first kappa shape index (κ1) is 14.3. The smallest absolute Gasteiger partial charge is 0.0934 e. The van der Waals surface area contributed by atoms with E-state index in [0.29, 0.717) is 0 Å².